The van der Waals surface area contributed by atoms with E-state index in [1.807, 2.05) is 6.07 Å². The number of rotatable bonds is 1. The van der Waals surface area contributed by atoms with Crippen LogP contribution in [0, 0.1) is 20.4 Å². The first-order valence-electron chi connectivity index (χ1n) is 7.89. The van der Waals surface area contributed by atoms with Crippen LogP contribution in [0.4, 0.5) is 5.69 Å². The Labute approximate surface area is 147 Å². The molecule has 0 saturated heterocycles. The van der Waals surface area contributed by atoms with Crippen LogP contribution >= 0.6 is 0 Å². The molecule has 3 heteroatoms. The van der Waals surface area contributed by atoms with Gasteiger partial charge in [-0.25, -0.2) is 0 Å². The van der Waals surface area contributed by atoms with E-state index in [1.165, 1.54) is 36.1 Å². The van der Waals surface area contributed by atoms with E-state index in [9.17, 15) is 0 Å². The molecule has 0 unspecified atom stereocenters. The fourth-order valence-electron chi connectivity index (χ4n) is 3.35. The minimum absolute atomic E-state index is 0.236. The van der Waals surface area contributed by atoms with E-state index in [0.29, 0.717) is 0 Å². The average Bonchev–Trinajstić information content (AvgIpc) is 2.96. The van der Waals surface area contributed by atoms with Crippen molar-refractivity contribution in [3.05, 3.63) is 71.2 Å². The maximum atomic E-state index is 7.38. The van der Waals surface area contributed by atoms with Gasteiger partial charge in [-0.1, -0.05) is 0 Å². The normalized spacial score (nSPS) is 11.1. The van der Waals surface area contributed by atoms with Crippen LogP contribution in [0.5, 0.6) is 0 Å². The van der Waals surface area contributed by atoms with E-state index in [4.69, 9.17) is 6.57 Å². The molecule has 0 aliphatic carbocycles. The first kappa shape index (κ1) is 15.1. The van der Waals surface area contributed by atoms with Crippen LogP contribution in [0.2, 0.25) is 0 Å². The number of benzene rings is 2. The molecular weight excluding hydrogens is 359 g/mol. The molecule has 0 atom stereocenters. The fraction of sp³-hybridized carbons (Fsp3) is 0.143. The van der Waals surface area contributed by atoms with E-state index in [0.717, 1.165) is 11.3 Å². The first-order chi connectivity index (χ1) is 11.6. The number of pyridine rings is 1. The number of hydrogen-bond acceptors (Lipinski definition) is 0. The Hall–Kier alpha value is -2.40. The van der Waals surface area contributed by atoms with Gasteiger partial charge in [-0.2, -0.15) is 0 Å². The summed E-state index contributed by atoms with van der Waals surface area (Å²) < 4.78 is 5.01. The Bertz CT molecular complexity index is 1150. The van der Waals surface area contributed by atoms with Crippen molar-refractivity contribution in [2.75, 3.05) is 0 Å². The molecule has 116 valence electrons. The van der Waals surface area contributed by atoms with Gasteiger partial charge in [0.25, 0.3) is 0 Å². The molecule has 2 aromatic carbocycles. The molecule has 0 spiro atoms. The summed E-state index contributed by atoms with van der Waals surface area (Å²) in [7, 11) is 2.10. The maximum absolute atomic E-state index is 7.38. The van der Waals surface area contributed by atoms with Gasteiger partial charge >= 0.3 is 147 Å². The molecule has 2 aromatic heterocycles. The number of hydrogen-bond donors (Lipinski definition) is 0. The molecule has 0 aliphatic rings. The van der Waals surface area contributed by atoms with E-state index in [-0.39, 0.29) is 14.5 Å². The molecule has 0 amide bonds. The van der Waals surface area contributed by atoms with E-state index in [1.54, 1.807) is 0 Å². The summed E-state index contributed by atoms with van der Waals surface area (Å²) in [6, 6.07) is 14.9. The van der Waals surface area contributed by atoms with Gasteiger partial charge in [0.15, 0.2) is 0 Å². The number of fused-ring (bicyclic) bond motifs is 3. The van der Waals surface area contributed by atoms with Crippen molar-refractivity contribution in [2.24, 2.45) is 7.05 Å². The number of aromatic nitrogens is 1. The van der Waals surface area contributed by atoms with Crippen molar-refractivity contribution in [3.63, 3.8) is 0 Å². The van der Waals surface area contributed by atoms with E-state index >= 15 is 0 Å². The van der Waals surface area contributed by atoms with Gasteiger partial charge < -0.3 is 0 Å². The zero-order valence-electron chi connectivity index (χ0n) is 13.9. The Morgan fingerprint density at radius 3 is 2.46 bits per heavy atom. The summed E-state index contributed by atoms with van der Waals surface area (Å²) in [6.45, 7) is 11.7. The molecule has 4 rings (SSSR count). The van der Waals surface area contributed by atoms with Crippen molar-refractivity contribution >= 4 is 39.5 Å². The van der Waals surface area contributed by atoms with Crippen LogP contribution in [0.3, 0.4) is 0 Å². The summed E-state index contributed by atoms with van der Waals surface area (Å²) in [5.74, 6) is 0. The van der Waals surface area contributed by atoms with Gasteiger partial charge in [0, 0.05) is 0 Å². The van der Waals surface area contributed by atoms with Gasteiger partial charge in [-0.3, -0.25) is 0 Å². The molecule has 0 aliphatic heterocycles. The zero-order chi connectivity index (χ0) is 16.8. The van der Waals surface area contributed by atoms with Crippen LogP contribution in [0.25, 0.3) is 35.4 Å². The molecule has 0 N–H and O–H groups in total. The van der Waals surface area contributed by atoms with E-state index < -0.39 is 0 Å². The van der Waals surface area contributed by atoms with E-state index in [2.05, 4.69) is 72.9 Å². The molecule has 0 bridgehead atoms. The Morgan fingerprint density at radius 1 is 0.958 bits per heavy atom. The Morgan fingerprint density at radius 2 is 1.71 bits per heavy atom. The Balaban J connectivity index is 2.17. The fourth-order valence-corrected chi connectivity index (χ4v) is 6.30. The van der Waals surface area contributed by atoms with Crippen LogP contribution in [0.15, 0.2) is 48.7 Å². The molecule has 24 heavy (non-hydrogen) atoms. The second-order valence-corrected chi connectivity index (χ2v) is 8.27. The Kier molecular flexibility index (Phi) is 3.53. The van der Waals surface area contributed by atoms with Crippen molar-refractivity contribution < 1.29 is 4.57 Å². The third kappa shape index (κ3) is 2.12. The second kappa shape index (κ2) is 5.60. The number of nitrogens with zero attached hydrogens (tertiary/aromatic N) is 2. The van der Waals surface area contributed by atoms with Gasteiger partial charge in [-0.15, -0.1) is 0 Å². The summed E-state index contributed by atoms with van der Waals surface area (Å²) in [4.78, 5) is 3.68. The summed E-state index contributed by atoms with van der Waals surface area (Å²) >= 11 is 0.236. The van der Waals surface area contributed by atoms with Crippen LogP contribution in [-0.2, 0) is 7.05 Å². The monoisotopic (exact) mass is 377 g/mol. The predicted molar refractivity (Wildman–Crippen MR) is 101 cm³/mol. The van der Waals surface area contributed by atoms with Gasteiger partial charge in [0.2, 0.25) is 0 Å². The molecule has 0 fully saturated rings. The third-order valence-corrected chi connectivity index (χ3v) is 7.52. The minimum atomic E-state index is 0.236. The van der Waals surface area contributed by atoms with Crippen LogP contribution in [0.1, 0.15) is 11.1 Å². The van der Waals surface area contributed by atoms with Crippen molar-refractivity contribution in [2.45, 2.75) is 13.8 Å². The number of aryl methyl sites for hydroxylation is 3. The third-order valence-electron chi connectivity index (χ3n) is 4.67. The first-order valence-corrected chi connectivity index (χ1v) is 9.61. The molecule has 0 radical (unpaired) electrons. The van der Waals surface area contributed by atoms with Gasteiger partial charge in [0.05, 0.1) is 0 Å². The second-order valence-electron chi connectivity index (χ2n) is 6.13. The SMILES string of the molecule is [C-]#[N+]c1ccc2c([se]c3c(-c4cccc[n+]4C)c(C)ccc32)c1C. The quantitative estimate of drug-likeness (QED) is 0.258. The topological polar surface area (TPSA) is 8.24 Å². The molecule has 2 nitrogen and oxygen atoms in total. The van der Waals surface area contributed by atoms with Crippen molar-refractivity contribution in [1.82, 2.24) is 0 Å². The molecule has 4 aromatic rings. The zero-order valence-corrected chi connectivity index (χ0v) is 15.6. The van der Waals surface area contributed by atoms with Gasteiger partial charge in [-0.05, 0) is 0 Å². The van der Waals surface area contributed by atoms with Gasteiger partial charge in [0.1, 0.15) is 0 Å². The summed E-state index contributed by atoms with van der Waals surface area (Å²) in [5.41, 5.74) is 5.86. The molecular formula is C21H17N2Se+. The van der Waals surface area contributed by atoms with Crippen LogP contribution < -0.4 is 4.57 Å². The molecule has 2 heterocycles. The van der Waals surface area contributed by atoms with Crippen molar-refractivity contribution in [3.8, 4) is 11.3 Å². The average molecular weight is 376 g/mol. The van der Waals surface area contributed by atoms with Crippen molar-refractivity contribution in [1.29, 1.82) is 0 Å². The molecule has 0 saturated carbocycles. The van der Waals surface area contributed by atoms with Crippen LogP contribution in [-0.4, -0.2) is 14.5 Å². The predicted octanol–water partition coefficient (Wildman–Crippen LogP) is 4.71. The summed E-state index contributed by atoms with van der Waals surface area (Å²) in [5, 5.41) is 2.66. The summed E-state index contributed by atoms with van der Waals surface area (Å²) in [6.07, 6.45) is 2.10. The standard InChI is InChI=1S/C21H17N2Se/c1-13-8-9-16-15-10-11-17(22-3)14(2)20(15)24-21(16)19(13)18-7-5-6-12-23(18)4/h5-12H,1-2,4H3/q+1.